The monoisotopic (exact) mass is 415 g/mol. The van der Waals surface area contributed by atoms with E-state index in [1.165, 1.54) is 12.8 Å². The molecule has 4 fully saturated rings. The molecule has 5 rings (SSSR count). The molecule has 5 heteroatoms. The summed E-state index contributed by atoms with van der Waals surface area (Å²) in [6, 6.07) is 0. The minimum atomic E-state index is -0.257. The SMILES string of the molecule is CCCOC(=O)[C@H]1C=C2NC(=O)CC[C@]2(C)[C@H]2CC[C@]3(C)[C@@H](OC4CC4)CC[C@H]3[C@H]12. The van der Waals surface area contributed by atoms with Crippen LogP contribution in [0.15, 0.2) is 11.8 Å². The van der Waals surface area contributed by atoms with Crippen LogP contribution in [0.4, 0.5) is 0 Å². The number of amides is 1. The van der Waals surface area contributed by atoms with Gasteiger partial charge in [-0.1, -0.05) is 26.8 Å². The van der Waals surface area contributed by atoms with Crippen molar-refractivity contribution in [2.24, 2.45) is 34.5 Å². The second-order valence-corrected chi connectivity index (χ2v) is 11.0. The van der Waals surface area contributed by atoms with Crippen molar-refractivity contribution in [3.05, 3.63) is 11.8 Å². The van der Waals surface area contributed by atoms with Gasteiger partial charge in [0.25, 0.3) is 0 Å². The molecule has 4 aliphatic carbocycles. The molecular weight excluding hydrogens is 378 g/mol. The van der Waals surface area contributed by atoms with Crippen LogP contribution in [0, 0.1) is 34.5 Å². The summed E-state index contributed by atoms with van der Waals surface area (Å²) >= 11 is 0. The van der Waals surface area contributed by atoms with Gasteiger partial charge in [0, 0.05) is 17.5 Å². The molecule has 0 aromatic rings. The third-order valence-electron chi connectivity index (χ3n) is 9.19. The van der Waals surface area contributed by atoms with E-state index in [1.807, 2.05) is 6.92 Å². The lowest BCUT2D eigenvalue weighted by Gasteiger charge is -2.58. The number of carbonyl (C=O) groups is 2. The molecule has 166 valence electrons. The van der Waals surface area contributed by atoms with E-state index in [0.29, 0.717) is 37.1 Å². The molecule has 0 unspecified atom stereocenters. The van der Waals surface area contributed by atoms with Crippen molar-refractivity contribution in [1.82, 2.24) is 5.32 Å². The third-order valence-corrected chi connectivity index (χ3v) is 9.19. The van der Waals surface area contributed by atoms with Crippen LogP contribution >= 0.6 is 0 Å². The second-order valence-electron chi connectivity index (χ2n) is 11.0. The topological polar surface area (TPSA) is 64.6 Å². The molecule has 1 amide bonds. The summed E-state index contributed by atoms with van der Waals surface area (Å²) in [6.45, 7) is 7.24. The molecule has 1 saturated heterocycles. The summed E-state index contributed by atoms with van der Waals surface area (Å²) in [5, 5.41) is 3.13. The van der Waals surface area contributed by atoms with Crippen LogP contribution in [-0.4, -0.2) is 30.7 Å². The maximum Gasteiger partial charge on any atom is 0.313 e. The molecule has 0 bridgehead atoms. The van der Waals surface area contributed by atoms with Crippen molar-refractivity contribution in [2.45, 2.75) is 90.8 Å². The number of ether oxygens (including phenoxy) is 2. The Balaban J connectivity index is 1.51. The Kier molecular flexibility index (Phi) is 5.04. The van der Waals surface area contributed by atoms with Crippen LogP contribution in [0.3, 0.4) is 0 Å². The van der Waals surface area contributed by atoms with Crippen LogP contribution in [-0.2, 0) is 19.1 Å². The Morgan fingerprint density at radius 2 is 1.93 bits per heavy atom. The standard InChI is InChI=1S/C25H37NO4/c1-4-13-29-23(28)16-14-19-24(2,12-10-21(27)26-19)18-9-11-25(3)17(22(16)18)7-8-20(25)30-15-5-6-15/h14-18,20,22H,4-13H2,1-3H3,(H,26,27)/t16-,17-,18-,20-,22-,24+,25-/m0/s1. The zero-order valence-electron chi connectivity index (χ0n) is 18.7. The number of hydrogen-bond donors (Lipinski definition) is 1. The molecule has 0 aromatic carbocycles. The Labute approximate surface area is 180 Å². The summed E-state index contributed by atoms with van der Waals surface area (Å²) in [6.07, 6.45) is 12.1. The van der Waals surface area contributed by atoms with Crippen molar-refractivity contribution in [2.75, 3.05) is 6.61 Å². The molecule has 5 nitrogen and oxygen atoms in total. The van der Waals surface area contributed by atoms with E-state index in [-0.39, 0.29) is 34.5 Å². The molecule has 0 aromatic heterocycles. The molecule has 5 aliphatic rings. The fourth-order valence-corrected chi connectivity index (χ4v) is 7.35. The van der Waals surface area contributed by atoms with Crippen molar-refractivity contribution < 1.29 is 19.1 Å². The smallest absolute Gasteiger partial charge is 0.313 e. The van der Waals surface area contributed by atoms with Gasteiger partial charge in [-0.2, -0.15) is 0 Å². The number of rotatable bonds is 5. The normalized spacial score (nSPS) is 45.0. The van der Waals surface area contributed by atoms with E-state index in [9.17, 15) is 9.59 Å². The van der Waals surface area contributed by atoms with Crippen LogP contribution in [0.5, 0.6) is 0 Å². The molecule has 0 radical (unpaired) electrons. The van der Waals surface area contributed by atoms with Gasteiger partial charge in [-0.3, -0.25) is 9.59 Å². The third kappa shape index (κ3) is 3.14. The lowest BCUT2D eigenvalue weighted by Crippen LogP contribution is -2.57. The molecule has 0 spiro atoms. The Morgan fingerprint density at radius 1 is 1.13 bits per heavy atom. The number of esters is 1. The number of carbonyl (C=O) groups excluding carboxylic acids is 2. The minimum absolute atomic E-state index is 0.0448. The number of piperidine rings is 1. The lowest BCUT2D eigenvalue weighted by atomic mass is 9.47. The Hall–Kier alpha value is -1.36. The first-order chi connectivity index (χ1) is 14.4. The summed E-state index contributed by atoms with van der Waals surface area (Å²) in [7, 11) is 0. The minimum Gasteiger partial charge on any atom is -0.465 e. The van der Waals surface area contributed by atoms with Gasteiger partial charge in [-0.25, -0.2) is 0 Å². The highest BCUT2D eigenvalue weighted by molar-refractivity contribution is 5.81. The highest BCUT2D eigenvalue weighted by atomic mass is 16.5. The highest BCUT2D eigenvalue weighted by Gasteiger charge is 2.62. The largest absolute Gasteiger partial charge is 0.465 e. The van der Waals surface area contributed by atoms with Gasteiger partial charge in [0.1, 0.15) is 0 Å². The number of allylic oxidation sites excluding steroid dienone is 1. The second kappa shape index (κ2) is 7.36. The Morgan fingerprint density at radius 3 is 2.67 bits per heavy atom. The maximum atomic E-state index is 13.2. The molecule has 1 aliphatic heterocycles. The molecule has 1 heterocycles. The first-order valence-corrected chi connectivity index (χ1v) is 12.2. The predicted octanol–water partition coefficient (Wildman–Crippen LogP) is 4.36. The van der Waals surface area contributed by atoms with Crippen LogP contribution in [0.2, 0.25) is 0 Å². The van der Waals surface area contributed by atoms with E-state index < -0.39 is 0 Å². The van der Waals surface area contributed by atoms with E-state index in [1.54, 1.807) is 0 Å². The number of nitrogens with one attached hydrogen (secondary N) is 1. The summed E-state index contributed by atoms with van der Waals surface area (Å²) in [5.41, 5.74) is 1.08. The zero-order chi connectivity index (χ0) is 21.1. The first-order valence-electron chi connectivity index (χ1n) is 12.2. The Bertz CT molecular complexity index is 758. The van der Waals surface area contributed by atoms with Crippen LogP contribution < -0.4 is 5.32 Å². The van der Waals surface area contributed by atoms with Crippen molar-refractivity contribution in [3.63, 3.8) is 0 Å². The fraction of sp³-hybridized carbons (Fsp3) is 0.840. The van der Waals surface area contributed by atoms with E-state index in [2.05, 4.69) is 25.2 Å². The molecular formula is C25H37NO4. The lowest BCUT2D eigenvalue weighted by molar-refractivity contribution is -0.159. The average molecular weight is 416 g/mol. The molecule has 7 atom stereocenters. The van der Waals surface area contributed by atoms with Crippen molar-refractivity contribution in [1.29, 1.82) is 0 Å². The number of hydrogen-bond acceptors (Lipinski definition) is 4. The number of fused-ring (bicyclic) bond motifs is 5. The van der Waals surface area contributed by atoms with Gasteiger partial charge in [0.2, 0.25) is 5.91 Å². The molecule has 1 N–H and O–H groups in total. The van der Waals surface area contributed by atoms with Gasteiger partial charge < -0.3 is 14.8 Å². The highest BCUT2D eigenvalue weighted by Crippen LogP contribution is 2.65. The van der Waals surface area contributed by atoms with Crippen LogP contribution in [0.1, 0.15) is 78.6 Å². The summed E-state index contributed by atoms with van der Waals surface area (Å²) in [4.78, 5) is 25.4. The quantitative estimate of drug-likeness (QED) is 0.678. The zero-order valence-corrected chi connectivity index (χ0v) is 18.7. The maximum absolute atomic E-state index is 13.2. The van der Waals surface area contributed by atoms with E-state index in [0.717, 1.165) is 44.2 Å². The summed E-state index contributed by atoms with van der Waals surface area (Å²) < 4.78 is 12.2. The van der Waals surface area contributed by atoms with Crippen molar-refractivity contribution in [3.8, 4) is 0 Å². The first kappa shape index (κ1) is 20.5. The van der Waals surface area contributed by atoms with E-state index >= 15 is 0 Å². The van der Waals surface area contributed by atoms with E-state index in [4.69, 9.17) is 9.47 Å². The van der Waals surface area contributed by atoms with Gasteiger partial charge >= 0.3 is 5.97 Å². The summed E-state index contributed by atoms with van der Waals surface area (Å²) in [5.74, 6) is 0.896. The molecule has 3 saturated carbocycles. The molecule has 30 heavy (non-hydrogen) atoms. The van der Waals surface area contributed by atoms with Gasteiger partial charge in [0.15, 0.2) is 0 Å². The van der Waals surface area contributed by atoms with Gasteiger partial charge in [-0.15, -0.1) is 0 Å². The fourth-order valence-electron chi connectivity index (χ4n) is 7.35. The average Bonchev–Trinajstić information content (AvgIpc) is 3.48. The predicted molar refractivity (Wildman–Crippen MR) is 113 cm³/mol. The van der Waals surface area contributed by atoms with Crippen LogP contribution in [0.25, 0.3) is 0 Å². The van der Waals surface area contributed by atoms with Crippen molar-refractivity contribution >= 4 is 11.9 Å². The van der Waals surface area contributed by atoms with Gasteiger partial charge in [0.05, 0.1) is 24.7 Å². The van der Waals surface area contributed by atoms with Gasteiger partial charge in [-0.05, 0) is 74.5 Å².